The summed E-state index contributed by atoms with van der Waals surface area (Å²) in [7, 11) is 0. The molecule has 0 radical (unpaired) electrons. The van der Waals surface area contributed by atoms with E-state index in [9.17, 15) is 4.79 Å². The third-order valence-electron chi connectivity index (χ3n) is 2.11. The molecule has 0 fully saturated rings. The molecule has 78 valence electrons. The average molecular weight is 195 g/mol. The summed E-state index contributed by atoms with van der Waals surface area (Å²) in [6, 6.07) is 1.92. The van der Waals surface area contributed by atoms with Gasteiger partial charge in [0.1, 0.15) is 0 Å². The van der Waals surface area contributed by atoms with E-state index in [1.807, 2.05) is 26.8 Å². The lowest BCUT2D eigenvalue weighted by Gasteiger charge is -2.09. The Morgan fingerprint density at radius 1 is 1.50 bits per heavy atom. The molecule has 1 aromatic rings. The number of aryl methyl sites for hydroxylation is 2. The lowest BCUT2D eigenvalue weighted by atomic mass is 10.3. The molecule has 0 bridgehead atoms. The van der Waals surface area contributed by atoms with Crippen molar-refractivity contribution >= 4 is 0 Å². The maximum absolute atomic E-state index is 11.5. The zero-order valence-electron chi connectivity index (χ0n) is 9.00. The van der Waals surface area contributed by atoms with Crippen molar-refractivity contribution in [1.29, 1.82) is 0 Å². The van der Waals surface area contributed by atoms with Crippen molar-refractivity contribution in [2.45, 2.75) is 27.3 Å². The van der Waals surface area contributed by atoms with E-state index in [1.165, 1.54) is 0 Å². The molecule has 0 aliphatic rings. The molecule has 4 heteroatoms. The maximum Gasteiger partial charge on any atom is 0.347 e. The number of rotatable bonds is 4. The highest BCUT2D eigenvalue weighted by molar-refractivity contribution is 5.06. The predicted octanol–water partition coefficient (Wildman–Crippen LogP) is 0.470. The summed E-state index contributed by atoms with van der Waals surface area (Å²) in [5.74, 6) is 0. The van der Waals surface area contributed by atoms with Gasteiger partial charge in [0.2, 0.25) is 0 Å². The van der Waals surface area contributed by atoms with Gasteiger partial charge in [-0.3, -0.25) is 4.57 Å². The molecule has 14 heavy (non-hydrogen) atoms. The van der Waals surface area contributed by atoms with Crippen LogP contribution in [0.5, 0.6) is 0 Å². The van der Waals surface area contributed by atoms with E-state index in [4.69, 9.17) is 0 Å². The van der Waals surface area contributed by atoms with Crippen LogP contribution in [0.1, 0.15) is 18.3 Å². The van der Waals surface area contributed by atoms with Crippen molar-refractivity contribution in [3.63, 3.8) is 0 Å². The van der Waals surface area contributed by atoms with Gasteiger partial charge in [-0.15, -0.1) is 0 Å². The predicted molar refractivity (Wildman–Crippen MR) is 56.5 cm³/mol. The van der Waals surface area contributed by atoms with Crippen LogP contribution >= 0.6 is 0 Å². The molecule has 0 saturated heterocycles. The Balaban J connectivity index is 2.81. The van der Waals surface area contributed by atoms with Gasteiger partial charge in [0.15, 0.2) is 0 Å². The molecular formula is C10H17N3O. The van der Waals surface area contributed by atoms with Gasteiger partial charge in [0, 0.05) is 24.5 Å². The molecule has 0 spiro atoms. The van der Waals surface area contributed by atoms with Gasteiger partial charge >= 0.3 is 5.69 Å². The van der Waals surface area contributed by atoms with E-state index in [1.54, 1.807) is 4.57 Å². The molecular weight excluding hydrogens is 178 g/mol. The SMILES string of the molecule is CCNCCn1c(C)cc(C)nc1=O. The summed E-state index contributed by atoms with van der Waals surface area (Å²) in [6.45, 7) is 8.23. The highest BCUT2D eigenvalue weighted by Crippen LogP contribution is 1.95. The van der Waals surface area contributed by atoms with Crippen LogP contribution in [0, 0.1) is 13.8 Å². The molecule has 0 unspecified atom stereocenters. The molecule has 0 aliphatic heterocycles. The first kappa shape index (κ1) is 10.9. The monoisotopic (exact) mass is 195 g/mol. The summed E-state index contributed by atoms with van der Waals surface area (Å²) < 4.78 is 1.69. The summed E-state index contributed by atoms with van der Waals surface area (Å²) >= 11 is 0. The lowest BCUT2D eigenvalue weighted by molar-refractivity contribution is 0.574. The number of hydrogen-bond acceptors (Lipinski definition) is 3. The van der Waals surface area contributed by atoms with Crippen LogP contribution in [0.3, 0.4) is 0 Å². The topological polar surface area (TPSA) is 46.9 Å². The van der Waals surface area contributed by atoms with Gasteiger partial charge in [0.25, 0.3) is 0 Å². The Kier molecular flexibility index (Phi) is 3.83. The van der Waals surface area contributed by atoms with Gasteiger partial charge in [-0.25, -0.2) is 4.79 Å². The van der Waals surface area contributed by atoms with Crippen molar-refractivity contribution < 1.29 is 0 Å². The molecule has 4 nitrogen and oxygen atoms in total. The Labute approximate surface area is 84.0 Å². The normalized spacial score (nSPS) is 10.5. The van der Waals surface area contributed by atoms with Crippen LogP contribution < -0.4 is 11.0 Å². The van der Waals surface area contributed by atoms with Crippen LogP contribution in [0.2, 0.25) is 0 Å². The number of likely N-dealkylation sites (N-methyl/N-ethyl adjacent to an activating group) is 1. The second-order valence-electron chi connectivity index (χ2n) is 3.33. The third kappa shape index (κ3) is 2.67. The minimum Gasteiger partial charge on any atom is -0.315 e. The first-order valence-corrected chi connectivity index (χ1v) is 4.91. The fourth-order valence-electron chi connectivity index (χ4n) is 1.41. The summed E-state index contributed by atoms with van der Waals surface area (Å²) in [5.41, 5.74) is 1.60. The maximum atomic E-state index is 11.5. The Hall–Kier alpha value is -1.16. The molecule has 0 aliphatic carbocycles. The van der Waals surface area contributed by atoms with Crippen molar-refractivity contribution in [3.8, 4) is 0 Å². The fourth-order valence-corrected chi connectivity index (χ4v) is 1.41. The van der Waals surface area contributed by atoms with Gasteiger partial charge in [0.05, 0.1) is 0 Å². The van der Waals surface area contributed by atoms with E-state index in [-0.39, 0.29) is 5.69 Å². The van der Waals surface area contributed by atoms with E-state index in [0.29, 0.717) is 6.54 Å². The highest BCUT2D eigenvalue weighted by atomic mass is 16.1. The number of nitrogens with one attached hydrogen (secondary N) is 1. The first-order chi connectivity index (χ1) is 6.65. The second kappa shape index (κ2) is 4.91. The van der Waals surface area contributed by atoms with E-state index in [2.05, 4.69) is 10.3 Å². The number of aromatic nitrogens is 2. The molecule has 0 aromatic carbocycles. The van der Waals surface area contributed by atoms with E-state index in [0.717, 1.165) is 24.5 Å². The zero-order chi connectivity index (χ0) is 10.6. The quantitative estimate of drug-likeness (QED) is 0.710. The van der Waals surface area contributed by atoms with E-state index < -0.39 is 0 Å². The lowest BCUT2D eigenvalue weighted by Crippen LogP contribution is -2.30. The van der Waals surface area contributed by atoms with Crippen molar-refractivity contribution in [2.75, 3.05) is 13.1 Å². The Morgan fingerprint density at radius 2 is 2.21 bits per heavy atom. The van der Waals surface area contributed by atoms with Crippen LogP contribution in [0.25, 0.3) is 0 Å². The molecule has 0 atom stereocenters. The van der Waals surface area contributed by atoms with Crippen LogP contribution in [-0.2, 0) is 6.54 Å². The van der Waals surface area contributed by atoms with Gasteiger partial charge in [-0.2, -0.15) is 4.98 Å². The van der Waals surface area contributed by atoms with Crippen molar-refractivity contribution in [2.24, 2.45) is 0 Å². The highest BCUT2D eigenvalue weighted by Gasteiger charge is 2.01. The zero-order valence-corrected chi connectivity index (χ0v) is 9.00. The molecule has 1 heterocycles. The van der Waals surface area contributed by atoms with Crippen LogP contribution in [-0.4, -0.2) is 22.6 Å². The first-order valence-electron chi connectivity index (χ1n) is 4.91. The molecule has 1 aromatic heterocycles. The molecule has 1 N–H and O–H groups in total. The van der Waals surface area contributed by atoms with Crippen LogP contribution in [0.4, 0.5) is 0 Å². The largest absolute Gasteiger partial charge is 0.347 e. The standard InChI is InChI=1S/C10H17N3O/c1-4-11-5-6-13-9(3)7-8(2)12-10(13)14/h7,11H,4-6H2,1-3H3. The summed E-state index contributed by atoms with van der Waals surface area (Å²) in [5, 5.41) is 3.18. The Morgan fingerprint density at radius 3 is 2.79 bits per heavy atom. The number of hydrogen-bond donors (Lipinski definition) is 1. The van der Waals surface area contributed by atoms with Gasteiger partial charge in [-0.1, -0.05) is 6.92 Å². The van der Waals surface area contributed by atoms with E-state index >= 15 is 0 Å². The fraction of sp³-hybridized carbons (Fsp3) is 0.600. The van der Waals surface area contributed by atoms with Crippen LogP contribution in [0.15, 0.2) is 10.9 Å². The minimum absolute atomic E-state index is 0.152. The Bertz CT molecular complexity index is 357. The summed E-state index contributed by atoms with van der Waals surface area (Å²) in [6.07, 6.45) is 0. The average Bonchev–Trinajstić information content (AvgIpc) is 2.09. The molecule has 1 rings (SSSR count). The van der Waals surface area contributed by atoms with Gasteiger partial charge < -0.3 is 5.32 Å². The third-order valence-corrected chi connectivity index (χ3v) is 2.11. The van der Waals surface area contributed by atoms with Crippen molar-refractivity contribution in [3.05, 3.63) is 27.9 Å². The molecule has 0 saturated carbocycles. The number of nitrogens with zero attached hydrogens (tertiary/aromatic N) is 2. The minimum atomic E-state index is -0.152. The summed E-state index contributed by atoms with van der Waals surface area (Å²) in [4.78, 5) is 15.4. The smallest absolute Gasteiger partial charge is 0.315 e. The molecule has 0 amide bonds. The van der Waals surface area contributed by atoms with Gasteiger partial charge in [-0.05, 0) is 26.5 Å². The van der Waals surface area contributed by atoms with Crippen molar-refractivity contribution in [1.82, 2.24) is 14.9 Å². The second-order valence-corrected chi connectivity index (χ2v) is 3.33.